The third kappa shape index (κ3) is 5.75. The zero-order valence-corrected chi connectivity index (χ0v) is 18.2. The topological polar surface area (TPSA) is 88.9 Å². The van der Waals surface area contributed by atoms with Crippen LogP contribution in [0.4, 0.5) is 14.6 Å². The molecule has 7 nitrogen and oxygen atoms in total. The summed E-state index contributed by atoms with van der Waals surface area (Å²) in [5.74, 6) is -1.54. The summed E-state index contributed by atoms with van der Waals surface area (Å²) in [6.07, 6.45) is 2.11. The van der Waals surface area contributed by atoms with Crippen molar-refractivity contribution < 1.29 is 18.4 Å². The quantitative estimate of drug-likeness (QED) is 0.543. The summed E-state index contributed by atoms with van der Waals surface area (Å²) < 4.78 is 28.2. The van der Waals surface area contributed by atoms with E-state index < -0.39 is 17.5 Å². The zero-order chi connectivity index (χ0) is 23.3. The van der Waals surface area contributed by atoms with E-state index in [9.17, 15) is 18.4 Å². The Morgan fingerprint density at radius 3 is 2.53 bits per heavy atom. The number of pyridine rings is 1. The van der Waals surface area contributed by atoms with E-state index >= 15 is 0 Å². The van der Waals surface area contributed by atoms with Crippen molar-refractivity contribution in [1.29, 1.82) is 0 Å². The number of carbonyl (C=O) groups is 2. The Bertz CT molecular complexity index is 1110. The molecule has 2 N–H and O–H groups in total. The van der Waals surface area contributed by atoms with Gasteiger partial charge in [0.1, 0.15) is 17.5 Å². The lowest BCUT2D eigenvalue weighted by atomic mass is 9.92. The van der Waals surface area contributed by atoms with Crippen LogP contribution in [0.2, 0.25) is 0 Å². The van der Waals surface area contributed by atoms with Gasteiger partial charge in [-0.15, -0.1) is 0 Å². The molecule has 9 heteroatoms. The number of aromatic nitrogens is 3. The fourth-order valence-corrected chi connectivity index (χ4v) is 2.92. The minimum atomic E-state index is -0.933. The van der Waals surface area contributed by atoms with Gasteiger partial charge >= 0.3 is 0 Å². The molecule has 0 radical (unpaired) electrons. The highest BCUT2D eigenvalue weighted by Crippen LogP contribution is 2.25. The lowest BCUT2D eigenvalue weighted by molar-refractivity contribution is -0.116. The van der Waals surface area contributed by atoms with Crippen LogP contribution < -0.4 is 10.6 Å². The molecule has 0 bridgehead atoms. The summed E-state index contributed by atoms with van der Waals surface area (Å²) in [7, 11) is 0. The standard InChI is InChI=1S/C23H25F2N5O2/c1-23(2,3)18-14-20(30(29-18)19-7-4-5-11-26-19)28-21(31)8-6-12-27-22(32)16-10-9-15(24)13-17(16)25/h4-5,7,9-11,13-14H,6,8,12H2,1-3H3,(H,27,32)(H,28,31). The van der Waals surface area contributed by atoms with Crippen molar-refractivity contribution in [2.75, 3.05) is 11.9 Å². The van der Waals surface area contributed by atoms with E-state index in [1.807, 2.05) is 32.9 Å². The van der Waals surface area contributed by atoms with Gasteiger partial charge in [0, 0.05) is 36.7 Å². The molecule has 1 aromatic carbocycles. The maximum atomic E-state index is 13.7. The van der Waals surface area contributed by atoms with Gasteiger partial charge in [-0.3, -0.25) is 9.59 Å². The van der Waals surface area contributed by atoms with Gasteiger partial charge in [0.05, 0.1) is 11.3 Å². The number of rotatable bonds is 7. The van der Waals surface area contributed by atoms with Crippen molar-refractivity contribution in [1.82, 2.24) is 20.1 Å². The molecule has 0 fully saturated rings. The Kier molecular flexibility index (Phi) is 6.97. The van der Waals surface area contributed by atoms with E-state index in [1.54, 1.807) is 23.0 Å². The minimum Gasteiger partial charge on any atom is -0.352 e. The lowest BCUT2D eigenvalue weighted by Gasteiger charge is -2.13. The van der Waals surface area contributed by atoms with Gasteiger partial charge in [-0.1, -0.05) is 26.8 Å². The Morgan fingerprint density at radius 1 is 1.09 bits per heavy atom. The number of hydrogen-bond acceptors (Lipinski definition) is 4. The van der Waals surface area contributed by atoms with Crippen LogP contribution in [0, 0.1) is 11.6 Å². The highest BCUT2D eigenvalue weighted by molar-refractivity contribution is 5.94. The average molecular weight is 441 g/mol. The summed E-state index contributed by atoms with van der Waals surface area (Å²) in [5.41, 5.74) is 0.330. The van der Waals surface area contributed by atoms with Crippen molar-refractivity contribution in [2.45, 2.75) is 39.0 Å². The average Bonchev–Trinajstić information content (AvgIpc) is 3.16. The molecule has 3 rings (SSSR count). The van der Waals surface area contributed by atoms with E-state index in [-0.39, 0.29) is 29.9 Å². The molecule has 0 atom stereocenters. The molecule has 0 saturated heterocycles. The molecule has 168 valence electrons. The second kappa shape index (κ2) is 9.67. The fourth-order valence-electron chi connectivity index (χ4n) is 2.92. The minimum absolute atomic E-state index is 0.129. The van der Waals surface area contributed by atoms with E-state index in [0.29, 0.717) is 24.1 Å². The van der Waals surface area contributed by atoms with Crippen LogP contribution in [-0.2, 0) is 10.2 Å². The van der Waals surface area contributed by atoms with Gasteiger partial charge < -0.3 is 10.6 Å². The largest absolute Gasteiger partial charge is 0.352 e. The number of hydrogen-bond donors (Lipinski definition) is 2. The normalized spacial score (nSPS) is 11.3. The lowest BCUT2D eigenvalue weighted by Crippen LogP contribution is -2.26. The molecule has 2 aromatic heterocycles. The SMILES string of the molecule is CC(C)(C)c1cc(NC(=O)CCCNC(=O)c2ccc(F)cc2F)n(-c2ccccn2)n1. The fraction of sp³-hybridized carbons (Fsp3) is 0.304. The zero-order valence-electron chi connectivity index (χ0n) is 18.2. The van der Waals surface area contributed by atoms with E-state index in [2.05, 4.69) is 20.7 Å². The molecule has 0 unspecified atom stereocenters. The summed E-state index contributed by atoms with van der Waals surface area (Å²) in [4.78, 5) is 28.8. The van der Waals surface area contributed by atoms with Gasteiger partial charge in [0.25, 0.3) is 5.91 Å². The third-order valence-electron chi connectivity index (χ3n) is 4.65. The molecular weight excluding hydrogens is 416 g/mol. The molecule has 32 heavy (non-hydrogen) atoms. The second-order valence-electron chi connectivity index (χ2n) is 8.30. The maximum absolute atomic E-state index is 13.7. The van der Waals surface area contributed by atoms with Gasteiger partial charge in [-0.05, 0) is 30.7 Å². The first-order valence-corrected chi connectivity index (χ1v) is 10.2. The van der Waals surface area contributed by atoms with Crippen molar-refractivity contribution in [3.63, 3.8) is 0 Å². The molecule has 2 amide bonds. The van der Waals surface area contributed by atoms with Crippen molar-refractivity contribution in [3.05, 3.63) is 71.6 Å². The van der Waals surface area contributed by atoms with Crippen LogP contribution in [0.5, 0.6) is 0 Å². The smallest absolute Gasteiger partial charge is 0.254 e. The first-order chi connectivity index (χ1) is 15.1. The number of halogens is 2. The number of anilines is 1. The highest BCUT2D eigenvalue weighted by atomic mass is 19.1. The third-order valence-corrected chi connectivity index (χ3v) is 4.65. The Balaban J connectivity index is 1.59. The summed E-state index contributed by atoms with van der Waals surface area (Å²) in [5, 5.41) is 9.97. The van der Waals surface area contributed by atoms with E-state index in [4.69, 9.17) is 0 Å². The van der Waals surface area contributed by atoms with Gasteiger partial charge in [-0.2, -0.15) is 9.78 Å². The second-order valence-corrected chi connectivity index (χ2v) is 8.30. The Labute approximate surface area is 184 Å². The summed E-state index contributed by atoms with van der Waals surface area (Å²) in [6, 6.07) is 9.98. The number of amides is 2. The molecule has 0 spiro atoms. The van der Waals surface area contributed by atoms with E-state index in [1.165, 1.54) is 0 Å². The van der Waals surface area contributed by atoms with Crippen LogP contribution in [0.25, 0.3) is 5.82 Å². The maximum Gasteiger partial charge on any atom is 0.254 e. The molecule has 0 aliphatic heterocycles. The van der Waals surface area contributed by atoms with Crippen LogP contribution in [0.3, 0.4) is 0 Å². The summed E-state index contributed by atoms with van der Waals surface area (Å²) in [6.45, 7) is 6.23. The summed E-state index contributed by atoms with van der Waals surface area (Å²) >= 11 is 0. The number of nitrogens with one attached hydrogen (secondary N) is 2. The van der Waals surface area contributed by atoms with Gasteiger partial charge in [0.15, 0.2) is 5.82 Å². The number of nitrogens with zero attached hydrogens (tertiary/aromatic N) is 3. The van der Waals surface area contributed by atoms with Crippen molar-refractivity contribution in [3.8, 4) is 5.82 Å². The van der Waals surface area contributed by atoms with Crippen molar-refractivity contribution >= 4 is 17.6 Å². The van der Waals surface area contributed by atoms with Crippen LogP contribution in [0.15, 0.2) is 48.7 Å². The monoisotopic (exact) mass is 441 g/mol. The van der Waals surface area contributed by atoms with Crippen LogP contribution >= 0.6 is 0 Å². The van der Waals surface area contributed by atoms with Crippen LogP contribution in [0.1, 0.15) is 49.7 Å². The van der Waals surface area contributed by atoms with Crippen molar-refractivity contribution in [2.24, 2.45) is 0 Å². The van der Waals surface area contributed by atoms with Gasteiger partial charge in [0.2, 0.25) is 5.91 Å². The number of carbonyl (C=O) groups excluding carboxylic acids is 2. The first-order valence-electron chi connectivity index (χ1n) is 10.2. The molecular formula is C23H25F2N5O2. The van der Waals surface area contributed by atoms with Crippen LogP contribution in [-0.4, -0.2) is 33.1 Å². The molecule has 0 saturated carbocycles. The molecule has 0 aliphatic rings. The predicted octanol–water partition coefficient (Wildman–Crippen LogP) is 3.99. The van der Waals surface area contributed by atoms with Gasteiger partial charge in [-0.25, -0.2) is 13.8 Å². The molecule has 0 aliphatic carbocycles. The Morgan fingerprint density at radius 2 is 1.88 bits per heavy atom. The highest BCUT2D eigenvalue weighted by Gasteiger charge is 2.22. The Hall–Kier alpha value is -3.62. The first kappa shape index (κ1) is 23.1. The number of benzene rings is 1. The molecule has 2 heterocycles. The predicted molar refractivity (Wildman–Crippen MR) is 117 cm³/mol. The molecule has 3 aromatic rings. The van der Waals surface area contributed by atoms with E-state index in [0.717, 1.165) is 17.8 Å².